The highest BCUT2D eigenvalue weighted by Gasteiger charge is 2.43. The Balaban J connectivity index is 1.73. The molecule has 3 atom stereocenters. The molecule has 3 rings (SSSR count). The van der Waals surface area contributed by atoms with E-state index in [0.717, 1.165) is 19.4 Å². The molecular formula is C13H15ClN2O2. The molecule has 1 N–H and O–H groups in total. The van der Waals surface area contributed by atoms with Gasteiger partial charge in [-0.3, -0.25) is 4.79 Å². The number of amides is 1. The van der Waals surface area contributed by atoms with Crippen molar-refractivity contribution in [2.45, 2.75) is 18.9 Å². The molecule has 1 aliphatic carbocycles. The summed E-state index contributed by atoms with van der Waals surface area (Å²) < 4.78 is 0. The first-order valence-corrected chi connectivity index (χ1v) is 6.62. The Morgan fingerprint density at radius 1 is 1.39 bits per heavy atom. The quantitative estimate of drug-likeness (QED) is 0.785. The van der Waals surface area contributed by atoms with Crippen molar-refractivity contribution in [3.63, 3.8) is 0 Å². The second-order valence-corrected chi connectivity index (χ2v) is 5.54. The summed E-state index contributed by atoms with van der Waals surface area (Å²) in [5.41, 5.74) is 0.564. The number of hydrogen-bond donors (Lipinski definition) is 1. The summed E-state index contributed by atoms with van der Waals surface area (Å²) in [5, 5.41) is 10.2. The molecule has 96 valence electrons. The number of hydrogen-bond acceptors (Lipinski definition) is 3. The van der Waals surface area contributed by atoms with Crippen molar-refractivity contribution >= 4 is 17.5 Å². The number of fused-ring (bicyclic) bond motifs is 1. The molecule has 1 aliphatic heterocycles. The first-order valence-electron chi connectivity index (χ1n) is 6.24. The number of aliphatic hydroxyl groups is 1. The third-order valence-electron chi connectivity index (χ3n) is 4.08. The number of carbonyl (C=O) groups is 1. The average Bonchev–Trinajstić information content (AvgIpc) is 2.92. The van der Waals surface area contributed by atoms with Gasteiger partial charge in [-0.25, -0.2) is 4.98 Å². The molecule has 0 bridgehead atoms. The van der Waals surface area contributed by atoms with E-state index in [4.69, 9.17) is 11.6 Å². The Labute approximate surface area is 111 Å². The van der Waals surface area contributed by atoms with Crippen LogP contribution in [0.1, 0.15) is 23.2 Å². The molecule has 2 fully saturated rings. The first kappa shape index (κ1) is 11.9. The van der Waals surface area contributed by atoms with Gasteiger partial charge < -0.3 is 10.0 Å². The lowest BCUT2D eigenvalue weighted by atomic mass is 10.00. The summed E-state index contributed by atoms with van der Waals surface area (Å²) in [6.45, 7) is 1.41. The second kappa shape index (κ2) is 4.52. The zero-order chi connectivity index (χ0) is 12.7. The number of pyridine rings is 1. The minimum Gasteiger partial charge on any atom is -0.393 e. The van der Waals surface area contributed by atoms with Crippen LogP contribution in [0.25, 0.3) is 0 Å². The molecule has 1 amide bonds. The van der Waals surface area contributed by atoms with Crippen molar-refractivity contribution < 1.29 is 9.90 Å². The van der Waals surface area contributed by atoms with Gasteiger partial charge in [0.25, 0.3) is 5.91 Å². The molecule has 5 heteroatoms. The topological polar surface area (TPSA) is 53.4 Å². The van der Waals surface area contributed by atoms with Crippen LogP contribution in [0, 0.1) is 11.8 Å². The summed E-state index contributed by atoms with van der Waals surface area (Å²) in [6, 6.07) is 3.32. The molecule has 0 radical (unpaired) electrons. The van der Waals surface area contributed by atoms with Gasteiger partial charge in [-0.2, -0.15) is 0 Å². The molecule has 1 aromatic rings. The smallest absolute Gasteiger partial charge is 0.255 e. The van der Waals surface area contributed by atoms with Crippen molar-refractivity contribution in [3.05, 3.63) is 29.0 Å². The van der Waals surface area contributed by atoms with Crippen LogP contribution < -0.4 is 0 Å². The summed E-state index contributed by atoms with van der Waals surface area (Å²) in [7, 11) is 0. The predicted molar refractivity (Wildman–Crippen MR) is 67.4 cm³/mol. The number of aromatic nitrogens is 1. The molecular weight excluding hydrogens is 252 g/mol. The Morgan fingerprint density at radius 3 is 2.89 bits per heavy atom. The lowest BCUT2D eigenvalue weighted by molar-refractivity contribution is 0.0752. The van der Waals surface area contributed by atoms with Crippen molar-refractivity contribution in [1.82, 2.24) is 9.88 Å². The normalized spacial score (nSPS) is 30.6. The first-order chi connectivity index (χ1) is 8.65. The third-order valence-corrected chi connectivity index (χ3v) is 4.30. The van der Waals surface area contributed by atoms with E-state index in [1.54, 1.807) is 12.1 Å². The van der Waals surface area contributed by atoms with Gasteiger partial charge in [-0.1, -0.05) is 11.6 Å². The van der Waals surface area contributed by atoms with Crippen LogP contribution >= 0.6 is 11.6 Å². The van der Waals surface area contributed by atoms with Crippen molar-refractivity contribution in [2.75, 3.05) is 13.1 Å². The molecule has 4 nitrogen and oxygen atoms in total. The standard InChI is InChI=1S/C13H15ClN2O2/c14-12-4-2-8(5-15-12)13(18)16-6-9-1-3-11(17)10(9)7-16/h2,4-5,9-11,17H,1,3,6-7H2. The second-order valence-electron chi connectivity index (χ2n) is 5.15. The third kappa shape index (κ3) is 1.99. The monoisotopic (exact) mass is 266 g/mol. The zero-order valence-corrected chi connectivity index (χ0v) is 10.7. The molecule has 1 saturated heterocycles. The van der Waals surface area contributed by atoms with E-state index in [9.17, 15) is 9.90 Å². The van der Waals surface area contributed by atoms with Gasteiger partial charge in [0.15, 0.2) is 0 Å². The lowest BCUT2D eigenvalue weighted by Crippen LogP contribution is -2.31. The van der Waals surface area contributed by atoms with Crippen molar-refractivity contribution in [1.29, 1.82) is 0 Å². The van der Waals surface area contributed by atoms with Crippen LogP contribution in [0.4, 0.5) is 0 Å². The molecule has 18 heavy (non-hydrogen) atoms. The molecule has 0 spiro atoms. The summed E-state index contributed by atoms with van der Waals surface area (Å²) in [4.78, 5) is 18.0. The predicted octanol–water partition coefficient (Wildman–Crippen LogP) is 1.58. The molecule has 3 unspecified atom stereocenters. The van der Waals surface area contributed by atoms with Crippen LogP contribution in [0.3, 0.4) is 0 Å². The van der Waals surface area contributed by atoms with E-state index in [1.807, 2.05) is 4.90 Å². The maximum atomic E-state index is 12.3. The van der Waals surface area contributed by atoms with Crippen molar-refractivity contribution in [3.8, 4) is 0 Å². The van der Waals surface area contributed by atoms with Crippen LogP contribution in [0.15, 0.2) is 18.3 Å². The Bertz CT molecular complexity index is 463. The number of likely N-dealkylation sites (tertiary alicyclic amines) is 1. The fourth-order valence-corrected chi connectivity index (χ4v) is 3.20. The van der Waals surface area contributed by atoms with E-state index >= 15 is 0 Å². The SMILES string of the molecule is O=C(c1ccc(Cl)nc1)N1CC2CCC(O)C2C1. The van der Waals surface area contributed by atoms with Crippen LogP contribution in [-0.4, -0.2) is 40.1 Å². The summed E-state index contributed by atoms with van der Waals surface area (Å²) in [5.74, 6) is 0.708. The van der Waals surface area contributed by atoms with Gasteiger partial charge in [-0.05, 0) is 30.9 Å². The molecule has 2 aliphatic rings. The molecule has 1 aromatic heterocycles. The fourth-order valence-electron chi connectivity index (χ4n) is 3.09. The number of rotatable bonds is 1. The highest BCUT2D eigenvalue weighted by atomic mass is 35.5. The van der Waals surface area contributed by atoms with Crippen LogP contribution in [0.2, 0.25) is 5.15 Å². The molecule has 2 heterocycles. The van der Waals surface area contributed by atoms with Gasteiger partial charge in [0.2, 0.25) is 0 Å². The minimum absolute atomic E-state index is 0.0132. The van der Waals surface area contributed by atoms with Gasteiger partial charge in [-0.15, -0.1) is 0 Å². The van der Waals surface area contributed by atoms with E-state index in [2.05, 4.69) is 4.98 Å². The van der Waals surface area contributed by atoms with Gasteiger partial charge in [0.1, 0.15) is 5.15 Å². The lowest BCUT2D eigenvalue weighted by Gasteiger charge is -2.18. The maximum Gasteiger partial charge on any atom is 0.255 e. The molecule has 1 saturated carbocycles. The zero-order valence-electron chi connectivity index (χ0n) is 9.92. The number of aliphatic hydroxyl groups excluding tert-OH is 1. The van der Waals surface area contributed by atoms with Crippen LogP contribution in [-0.2, 0) is 0 Å². The van der Waals surface area contributed by atoms with Gasteiger partial charge in [0.05, 0.1) is 11.7 Å². The maximum absolute atomic E-state index is 12.3. The molecule has 0 aromatic carbocycles. The van der Waals surface area contributed by atoms with Gasteiger partial charge in [0, 0.05) is 25.2 Å². The Hall–Kier alpha value is -1.13. The highest BCUT2D eigenvalue weighted by Crippen LogP contribution is 2.38. The van der Waals surface area contributed by atoms with E-state index in [-0.39, 0.29) is 17.9 Å². The number of carbonyl (C=O) groups excluding carboxylic acids is 1. The van der Waals surface area contributed by atoms with Crippen LogP contribution in [0.5, 0.6) is 0 Å². The average molecular weight is 267 g/mol. The number of nitrogens with zero attached hydrogens (tertiary/aromatic N) is 2. The highest BCUT2D eigenvalue weighted by molar-refractivity contribution is 6.29. The van der Waals surface area contributed by atoms with E-state index < -0.39 is 0 Å². The number of halogens is 1. The van der Waals surface area contributed by atoms with E-state index in [0.29, 0.717) is 23.2 Å². The Morgan fingerprint density at radius 2 is 2.22 bits per heavy atom. The largest absolute Gasteiger partial charge is 0.393 e. The summed E-state index contributed by atoms with van der Waals surface area (Å²) >= 11 is 5.70. The van der Waals surface area contributed by atoms with Crippen molar-refractivity contribution in [2.24, 2.45) is 11.8 Å². The van der Waals surface area contributed by atoms with Gasteiger partial charge >= 0.3 is 0 Å². The Kier molecular flexibility index (Phi) is 2.99. The van der Waals surface area contributed by atoms with E-state index in [1.165, 1.54) is 6.20 Å². The summed E-state index contributed by atoms with van der Waals surface area (Å²) in [6.07, 6.45) is 3.17. The minimum atomic E-state index is -0.240. The fraction of sp³-hybridized carbons (Fsp3) is 0.538.